The standard InChI is InChI=1S/C67H56O2Si2.2ClH.Zr/c1-7-28-51(29-8-1)70(52-30-9-2-10-31-52,53-32-11-3-12-33-53)68-49-27-48-67(65-61-44-23-19-40-57(61)58-41-20-24-45-62(58)65,66-63-46-25-21-42-59(63)60-43-22-26-47-64(60)66)50-69-71(54-34-13-4-14-35-54,55-36-15-5-16-37-55)56-38-17-6-18-39-56;;;/h1-26,28-47,61,66H,27,48-50H2;2*1H;/q;;;+2/p-2. The zero-order chi connectivity index (χ0) is 47.5. The maximum absolute atomic E-state index is 8.44. The van der Waals surface area contributed by atoms with E-state index in [0.717, 1.165) is 12.8 Å². The Labute approximate surface area is 470 Å². The first-order valence-electron chi connectivity index (χ1n) is 25.2. The van der Waals surface area contributed by atoms with Gasteiger partial charge in [0.2, 0.25) is 0 Å². The van der Waals surface area contributed by atoms with Gasteiger partial charge in [0.05, 0.1) is 0 Å². The van der Waals surface area contributed by atoms with E-state index in [1.165, 1.54) is 75.0 Å². The molecule has 0 N–H and O–H groups in total. The van der Waals surface area contributed by atoms with Crippen LogP contribution in [-0.4, -0.2) is 29.8 Å². The summed E-state index contributed by atoms with van der Waals surface area (Å²) in [7, 11) is -6.26. The van der Waals surface area contributed by atoms with E-state index in [-0.39, 0.29) is 62.9 Å². The van der Waals surface area contributed by atoms with Gasteiger partial charge in [0.1, 0.15) is 0 Å². The van der Waals surface area contributed by atoms with Gasteiger partial charge in [0, 0.05) is 30.5 Å². The quantitative estimate of drug-likeness (QED) is 0.0837. The van der Waals surface area contributed by atoms with E-state index in [1.807, 2.05) is 0 Å². The van der Waals surface area contributed by atoms with Crippen molar-refractivity contribution in [3.63, 3.8) is 0 Å². The van der Waals surface area contributed by atoms with Crippen molar-refractivity contribution < 1.29 is 59.9 Å². The second-order valence-electron chi connectivity index (χ2n) is 19.2. The van der Waals surface area contributed by atoms with E-state index in [0.29, 0.717) is 13.2 Å². The maximum Gasteiger partial charge on any atom is 2.00 e. The van der Waals surface area contributed by atoms with Gasteiger partial charge in [-0.1, -0.05) is 279 Å². The fourth-order valence-corrected chi connectivity index (χ4v) is 20.5. The molecule has 0 saturated carbocycles. The van der Waals surface area contributed by atoms with Crippen LogP contribution in [0.25, 0.3) is 22.3 Å². The monoisotopic (exact) mass is 1110 g/mol. The van der Waals surface area contributed by atoms with Gasteiger partial charge in [0.15, 0.2) is 0 Å². The van der Waals surface area contributed by atoms with Gasteiger partial charge in [-0.05, 0) is 87.8 Å². The van der Waals surface area contributed by atoms with Gasteiger partial charge in [-0.25, -0.2) is 0 Å². The summed E-state index contributed by atoms with van der Waals surface area (Å²) in [6.07, 6.45) is 10.9. The van der Waals surface area contributed by atoms with E-state index in [1.54, 1.807) is 0 Å². The molecule has 9 aromatic carbocycles. The van der Waals surface area contributed by atoms with Crippen molar-refractivity contribution >= 4 is 58.9 Å². The van der Waals surface area contributed by atoms with E-state index < -0.39 is 22.0 Å². The summed E-state index contributed by atoms with van der Waals surface area (Å²) in [5, 5.41) is 10.1. The van der Waals surface area contributed by atoms with Crippen LogP contribution in [0.15, 0.2) is 279 Å². The summed E-state index contributed by atoms with van der Waals surface area (Å²) in [6, 6.07) is 94.0. The van der Waals surface area contributed by atoms with Gasteiger partial charge < -0.3 is 33.7 Å². The normalized spacial score (nSPS) is 15.1. The summed E-state index contributed by atoms with van der Waals surface area (Å²) in [6.45, 7) is 1.04. The first kappa shape index (κ1) is 52.9. The van der Waals surface area contributed by atoms with Crippen molar-refractivity contribution in [2.75, 3.05) is 13.2 Å². The molecule has 0 aliphatic heterocycles. The molecule has 2 atom stereocenters. The number of hydrogen-bond donors (Lipinski definition) is 0. The second-order valence-corrected chi connectivity index (χ2v) is 26.0. The van der Waals surface area contributed by atoms with Crippen molar-refractivity contribution in [2.45, 2.75) is 18.8 Å². The van der Waals surface area contributed by atoms with Crippen LogP contribution in [-0.2, 0) is 35.1 Å². The molecule has 12 rings (SSSR count). The molecule has 0 heterocycles. The van der Waals surface area contributed by atoms with Crippen molar-refractivity contribution in [1.29, 1.82) is 0 Å². The summed E-state index contributed by atoms with van der Waals surface area (Å²) in [4.78, 5) is 0. The minimum absolute atomic E-state index is 0. The number of fused-ring (bicyclic) bond motifs is 5. The van der Waals surface area contributed by atoms with Crippen LogP contribution in [0.5, 0.6) is 0 Å². The summed E-state index contributed by atoms with van der Waals surface area (Å²) < 4.78 is 16.3. The zero-order valence-electron chi connectivity index (χ0n) is 41.1. The SMILES string of the molecule is C1=CC2=c3ccccc3=C(C(CCCO[Si](c3ccccc3)(c3ccccc3)c3ccccc3)(CO[Si](c3ccccc3)(c3ccccc3)c3ccccc3)C3c4ccccc4-c4ccccc43)C2C=C1.[Cl-].[Cl-].[Zr+2]. The maximum atomic E-state index is 8.44. The summed E-state index contributed by atoms with van der Waals surface area (Å²) in [5.41, 5.74) is 7.57. The van der Waals surface area contributed by atoms with Gasteiger partial charge >= 0.3 is 26.2 Å². The van der Waals surface area contributed by atoms with Crippen molar-refractivity contribution in [3.8, 4) is 11.1 Å². The molecule has 0 fully saturated rings. The summed E-state index contributed by atoms with van der Waals surface area (Å²) in [5.74, 6) is 0.0412. The Hall–Kier alpha value is -5.98. The molecule has 362 valence electrons. The number of hydrogen-bond acceptors (Lipinski definition) is 2. The van der Waals surface area contributed by atoms with Gasteiger partial charge in [0.25, 0.3) is 16.6 Å². The second kappa shape index (κ2) is 23.3. The third kappa shape index (κ3) is 9.22. The predicted molar refractivity (Wildman–Crippen MR) is 300 cm³/mol. The molecule has 74 heavy (non-hydrogen) atoms. The van der Waals surface area contributed by atoms with Crippen LogP contribution < -0.4 is 66.4 Å². The average Bonchev–Trinajstić information content (AvgIpc) is 3.98. The largest absolute Gasteiger partial charge is 2.00 e. The number of allylic oxidation sites excluding steroid dienone is 4. The average molecular weight is 1110 g/mol. The first-order valence-corrected chi connectivity index (χ1v) is 29.0. The third-order valence-corrected chi connectivity index (χ3v) is 23.6. The van der Waals surface area contributed by atoms with Crippen LogP contribution in [0.1, 0.15) is 29.9 Å². The van der Waals surface area contributed by atoms with Crippen LogP contribution in [0.2, 0.25) is 0 Å². The number of benzene rings is 9. The Morgan fingerprint density at radius 3 is 1.19 bits per heavy atom. The molecule has 0 saturated heterocycles. The molecular formula is C67H56Cl2O2Si2Zr. The van der Waals surface area contributed by atoms with E-state index in [2.05, 4.69) is 279 Å². The zero-order valence-corrected chi connectivity index (χ0v) is 47.1. The van der Waals surface area contributed by atoms with E-state index in [9.17, 15) is 0 Å². The Kier molecular flexibility index (Phi) is 16.6. The molecule has 3 aliphatic rings. The fourth-order valence-electron chi connectivity index (χ4n) is 12.6. The van der Waals surface area contributed by atoms with E-state index in [4.69, 9.17) is 8.85 Å². The molecule has 0 spiro atoms. The number of rotatable bonds is 16. The van der Waals surface area contributed by atoms with E-state index >= 15 is 0 Å². The third-order valence-electron chi connectivity index (χ3n) is 15.5. The smallest absolute Gasteiger partial charge is 1.00 e. The van der Waals surface area contributed by atoms with Crippen LogP contribution >= 0.6 is 0 Å². The van der Waals surface area contributed by atoms with Gasteiger partial charge in [-0.3, -0.25) is 0 Å². The van der Waals surface area contributed by atoms with Crippen molar-refractivity contribution in [3.05, 3.63) is 301 Å². The summed E-state index contributed by atoms with van der Waals surface area (Å²) >= 11 is 0. The van der Waals surface area contributed by atoms with Gasteiger partial charge in [-0.15, -0.1) is 0 Å². The molecule has 2 nitrogen and oxygen atoms in total. The van der Waals surface area contributed by atoms with Crippen LogP contribution in [0.3, 0.4) is 0 Å². The molecule has 0 amide bonds. The molecule has 7 heteroatoms. The minimum Gasteiger partial charge on any atom is -1.00 e. The number of halogens is 2. The van der Waals surface area contributed by atoms with Crippen molar-refractivity contribution in [1.82, 2.24) is 0 Å². The van der Waals surface area contributed by atoms with Crippen LogP contribution in [0.4, 0.5) is 0 Å². The topological polar surface area (TPSA) is 18.5 Å². The van der Waals surface area contributed by atoms with Crippen LogP contribution in [0, 0.1) is 11.3 Å². The molecule has 2 unspecified atom stereocenters. The Balaban J connectivity index is 0.00000224. The Morgan fingerprint density at radius 2 is 0.757 bits per heavy atom. The molecule has 0 aromatic heterocycles. The first-order chi connectivity index (χ1) is 35.2. The fraction of sp³-hybridized carbons (Fsp3) is 0.104. The molecular weight excluding hydrogens is 1060 g/mol. The molecule has 0 radical (unpaired) electrons. The molecule has 3 aliphatic carbocycles. The molecule has 9 aromatic rings. The Bertz CT molecular complexity index is 3270. The van der Waals surface area contributed by atoms with Gasteiger partial charge in [-0.2, -0.15) is 0 Å². The minimum atomic E-state index is -3.24. The Morgan fingerprint density at radius 1 is 0.392 bits per heavy atom. The molecule has 0 bridgehead atoms. The van der Waals surface area contributed by atoms with Crippen molar-refractivity contribution in [2.24, 2.45) is 11.3 Å². The predicted octanol–water partition coefficient (Wildman–Crippen LogP) is 3.70.